The first-order valence-electron chi connectivity index (χ1n) is 8.31. The molecular formula is C17H19ClFN3O4. The molecule has 0 radical (unpaired) electrons. The molecule has 1 aromatic carbocycles. The quantitative estimate of drug-likeness (QED) is 0.685. The molecule has 0 aliphatic carbocycles. The fourth-order valence-corrected chi connectivity index (χ4v) is 3.56. The second-order valence-corrected chi connectivity index (χ2v) is 7.13. The van der Waals surface area contributed by atoms with Crippen LogP contribution in [-0.4, -0.2) is 46.7 Å². The summed E-state index contributed by atoms with van der Waals surface area (Å²) in [7, 11) is 0. The van der Waals surface area contributed by atoms with E-state index in [1.54, 1.807) is 11.0 Å². The fraction of sp³-hybridized carbons (Fsp3) is 0.471. The largest absolute Gasteiger partial charge is 0.363 e. The molecule has 0 saturated carbocycles. The molecule has 3 rings (SSSR count). The molecule has 0 bridgehead atoms. The van der Waals surface area contributed by atoms with E-state index in [1.165, 1.54) is 6.07 Å². The highest BCUT2D eigenvalue weighted by Gasteiger charge is 2.44. The molecule has 2 heterocycles. The zero-order valence-corrected chi connectivity index (χ0v) is 14.9. The van der Waals surface area contributed by atoms with Crippen LogP contribution in [0.25, 0.3) is 0 Å². The van der Waals surface area contributed by atoms with E-state index in [1.807, 2.05) is 12.2 Å². The monoisotopic (exact) mass is 383 g/mol. The molecule has 1 fully saturated rings. The summed E-state index contributed by atoms with van der Waals surface area (Å²) in [6, 6.07) is 2.22. The van der Waals surface area contributed by atoms with Crippen molar-refractivity contribution in [3.8, 4) is 0 Å². The van der Waals surface area contributed by atoms with Crippen molar-refractivity contribution in [2.75, 3.05) is 13.1 Å². The number of carbonyl (C=O) groups excluding carboxylic acids is 3. The number of imide groups is 1. The van der Waals surface area contributed by atoms with Gasteiger partial charge in [-0.1, -0.05) is 18.5 Å². The molecule has 140 valence electrons. The number of rotatable bonds is 3. The molecule has 9 heteroatoms. The lowest BCUT2D eigenvalue weighted by atomic mass is 9.95. The number of nitrogens with one attached hydrogen (secondary N) is 2. The van der Waals surface area contributed by atoms with Gasteiger partial charge in [0.15, 0.2) is 0 Å². The molecule has 7 nitrogen and oxygen atoms in total. The third kappa shape index (κ3) is 3.52. The van der Waals surface area contributed by atoms with Crippen molar-refractivity contribution in [2.24, 2.45) is 0 Å². The van der Waals surface area contributed by atoms with Gasteiger partial charge in [0, 0.05) is 25.9 Å². The van der Waals surface area contributed by atoms with E-state index in [4.69, 9.17) is 11.6 Å². The second-order valence-electron chi connectivity index (χ2n) is 6.72. The zero-order chi connectivity index (χ0) is 19.1. The van der Waals surface area contributed by atoms with Gasteiger partial charge in [0.25, 0.3) is 5.91 Å². The minimum Gasteiger partial charge on any atom is -0.363 e. The summed E-state index contributed by atoms with van der Waals surface area (Å²) in [6.07, 6.45) is 0.158. The van der Waals surface area contributed by atoms with E-state index in [2.05, 4.69) is 5.32 Å². The Kier molecular flexibility index (Phi) is 4.90. The summed E-state index contributed by atoms with van der Waals surface area (Å²) >= 11 is 5.87. The van der Waals surface area contributed by atoms with E-state index in [-0.39, 0.29) is 29.7 Å². The Morgan fingerprint density at radius 1 is 1.46 bits per heavy atom. The first kappa shape index (κ1) is 18.6. The Hall–Kier alpha value is -2.19. The number of nitrogens with zero attached hydrogens (tertiary/aromatic N) is 1. The minimum absolute atomic E-state index is 0.0351. The standard InChI is InChI=1S/C17H19ClFN3O4/c1-9-8-22(5-3-10-6-13(19)12(18)7-11(9)10)14(23)2-4-17(26)15(24)20-16(25)21-17/h6-7,9,26H,2-5,8H2,1H3,(H2,20,21,24,25)/t9-,17-/m0/s1. The fourth-order valence-electron chi connectivity index (χ4n) is 3.39. The molecule has 2 atom stereocenters. The Labute approximate surface area is 154 Å². The van der Waals surface area contributed by atoms with Gasteiger partial charge in [0.2, 0.25) is 11.6 Å². The predicted octanol–water partition coefficient (Wildman–Crippen LogP) is 1.28. The number of fused-ring (bicyclic) bond motifs is 1. The smallest absolute Gasteiger partial charge is 0.324 e. The third-order valence-electron chi connectivity index (χ3n) is 4.83. The number of aliphatic hydroxyl groups is 1. The number of halogens is 2. The van der Waals surface area contributed by atoms with E-state index >= 15 is 0 Å². The molecule has 3 N–H and O–H groups in total. The van der Waals surface area contributed by atoms with Gasteiger partial charge in [0.05, 0.1) is 5.02 Å². The van der Waals surface area contributed by atoms with Crippen LogP contribution >= 0.6 is 11.6 Å². The first-order chi connectivity index (χ1) is 12.2. The molecule has 1 saturated heterocycles. The van der Waals surface area contributed by atoms with Gasteiger partial charge in [-0.3, -0.25) is 14.9 Å². The molecule has 0 unspecified atom stereocenters. The lowest BCUT2D eigenvalue weighted by Gasteiger charge is -2.25. The maximum absolute atomic E-state index is 13.7. The van der Waals surface area contributed by atoms with Crippen LogP contribution in [0.2, 0.25) is 5.02 Å². The van der Waals surface area contributed by atoms with Crippen LogP contribution in [0.1, 0.15) is 36.8 Å². The molecule has 0 aromatic heterocycles. The Bertz CT molecular complexity index is 788. The first-order valence-corrected chi connectivity index (χ1v) is 8.69. The molecule has 2 aliphatic heterocycles. The van der Waals surface area contributed by atoms with Crippen molar-refractivity contribution < 1.29 is 23.9 Å². The van der Waals surface area contributed by atoms with Crippen LogP contribution in [-0.2, 0) is 16.0 Å². The van der Waals surface area contributed by atoms with Crippen molar-refractivity contribution in [2.45, 2.75) is 37.8 Å². The van der Waals surface area contributed by atoms with Crippen molar-refractivity contribution in [1.29, 1.82) is 0 Å². The van der Waals surface area contributed by atoms with E-state index in [9.17, 15) is 23.9 Å². The van der Waals surface area contributed by atoms with Gasteiger partial charge >= 0.3 is 6.03 Å². The summed E-state index contributed by atoms with van der Waals surface area (Å²) in [6.45, 7) is 2.75. The van der Waals surface area contributed by atoms with Crippen LogP contribution in [0.5, 0.6) is 0 Å². The predicted molar refractivity (Wildman–Crippen MR) is 91.0 cm³/mol. The minimum atomic E-state index is -2.07. The van der Waals surface area contributed by atoms with E-state index in [0.29, 0.717) is 19.5 Å². The molecule has 4 amide bonds. The Morgan fingerprint density at radius 2 is 2.19 bits per heavy atom. The number of amides is 4. The molecule has 26 heavy (non-hydrogen) atoms. The number of urea groups is 1. The second kappa shape index (κ2) is 6.85. The van der Waals surface area contributed by atoms with Gasteiger partial charge in [-0.25, -0.2) is 9.18 Å². The maximum Gasteiger partial charge on any atom is 0.324 e. The Balaban J connectivity index is 1.66. The summed E-state index contributed by atoms with van der Waals surface area (Å²) in [5.74, 6) is -1.63. The summed E-state index contributed by atoms with van der Waals surface area (Å²) in [5, 5.41) is 14.2. The highest BCUT2D eigenvalue weighted by Crippen LogP contribution is 2.30. The summed E-state index contributed by atoms with van der Waals surface area (Å²) in [5.41, 5.74) is -0.340. The van der Waals surface area contributed by atoms with Crippen LogP contribution in [0.15, 0.2) is 12.1 Å². The van der Waals surface area contributed by atoms with Gasteiger partial charge in [0.1, 0.15) is 5.82 Å². The third-order valence-corrected chi connectivity index (χ3v) is 5.12. The van der Waals surface area contributed by atoms with E-state index in [0.717, 1.165) is 11.1 Å². The van der Waals surface area contributed by atoms with Crippen LogP contribution in [0, 0.1) is 5.82 Å². The van der Waals surface area contributed by atoms with Crippen LogP contribution in [0.4, 0.5) is 9.18 Å². The van der Waals surface area contributed by atoms with Crippen molar-refractivity contribution in [1.82, 2.24) is 15.5 Å². The van der Waals surface area contributed by atoms with Gasteiger partial charge in [-0.05, 0) is 35.6 Å². The van der Waals surface area contributed by atoms with Gasteiger partial charge < -0.3 is 15.3 Å². The summed E-state index contributed by atoms with van der Waals surface area (Å²) < 4.78 is 13.7. The lowest BCUT2D eigenvalue weighted by molar-refractivity contribution is -0.140. The highest BCUT2D eigenvalue weighted by molar-refractivity contribution is 6.30. The van der Waals surface area contributed by atoms with Gasteiger partial charge in [-0.2, -0.15) is 0 Å². The summed E-state index contributed by atoms with van der Waals surface area (Å²) in [4.78, 5) is 36.9. The van der Waals surface area contributed by atoms with Gasteiger partial charge in [-0.15, -0.1) is 0 Å². The van der Waals surface area contributed by atoms with Crippen LogP contribution < -0.4 is 10.6 Å². The lowest BCUT2D eigenvalue weighted by Crippen LogP contribution is -2.47. The van der Waals surface area contributed by atoms with E-state index < -0.39 is 23.5 Å². The normalized spacial score (nSPS) is 25.4. The molecular weight excluding hydrogens is 365 g/mol. The molecule has 2 aliphatic rings. The SMILES string of the molecule is C[C@H]1CN(C(=O)CC[C@@]2(O)NC(=O)NC2=O)CCc2cc(F)c(Cl)cc21. The average Bonchev–Trinajstić information content (AvgIpc) is 2.73. The average molecular weight is 384 g/mol. The Morgan fingerprint density at radius 3 is 2.85 bits per heavy atom. The maximum atomic E-state index is 13.7. The van der Waals surface area contributed by atoms with Crippen molar-refractivity contribution >= 4 is 29.4 Å². The molecule has 0 spiro atoms. The number of carbonyl (C=O) groups is 3. The number of hydrogen-bond donors (Lipinski definition) is 3. The number of benzene rings is 1. The zero-order valence-electron chi connectivity index (χ0n) is 14.1. The highest BCUT2D eigenvalue weighted by atomic mass is 35.5. The number of hydrogen-bond acceptors (Lipinski definition) is 4. The van der Waals surface area contributed by atoms with Crippen LogP contribution in [0.3, 0.4) is 0 Å². The van der Waals surface area contributed by atoms with Crippen molar-refractivity contribution in [3.05, 3.63) is 34.1 Å². The topological polar surface area (TPSA) is 98.7 Å². The molecule has 1 aromatic rings. The van der Waals surface area contributed by atoms with Crippen molar-refractivity contribution in [3.63, 3.8) is 0 Å².